The first kappa shape index (κ1) is 11.9. The Morgan fingerprint density at radius 3 is 2.78 bits per heavy atom. The summed E-state index contributed by atoms with van der Waals surface area (Å²) >= 11 is 0. The molecule has 0 radical (unpaired) electrons. The van der Waals surface area contributed by atoms with Gasteiger partial charge in [0.1, 0.15) is 0 Å². The van der Waals surface area contributed by atoms with E-state index in [2.05, 4.69) is 30.7 Å². The smallest absolute Gasteiger partial charge is 0.225 e. The molecule has 1 saturated carbocycles. The molecule has 2 heterocycles. The van der Waals surface area contributed by atoms with Crippen LogP contribution in [0, 0.1) is 25.7 Å². The lowest BCUT2D eigenvalue weighted by Gasteiger charge is -2.32. The van der Waals surface area contributed by atoms with Crippen LogP contribution in [0.4, 0.5) is 5.95 Å². The molecule has 3 rings (SSSR count). The molecular weight excluding hydrogens is 222 g/mol. The third-order valence-corrected chi connectivity index (χ3v) is 4.87. The Morgan fingerprint density at radius 2 is 2.00 bits per heavy atom. The molecule has 2 aliphatic rings. The zero-order valence-corrected chi connectivity index (χ0v) is 11.7. The summed E-state index contributed by atoms with van der Waals surface area (Å²) in [5.74, 6) is 2.61. The van der Waals surface area contributed by atoms with Gasteiger partial charge in [-0.1, -0.05) is 19.8 Å². The van der Waals surface area contributed by atoms with Gasteiger partial charge in [0.25, 0.3) is 0 Å². The first-order valence-corrected chi connectivity index (χ1v) is 7.23. The average molecular weight is 245 g/mol. The first-order chi connectivity index (χ1) is 8.66. The highest BCUT2D eigenvalue weighted by molar-refractivity contribution is 5.37. The molecule has 1 aliphatic heterocycles. The van der Waals surface area contributed by atoms with Crippen LogP contribution in [0.15, 0.2) is 6.20 Å². The van der Waals surface area contributed by atoms with Crippen LogP contribution in [0.2, 0.25) is 0 Å². The lowest BCUT2D eigenvalue weighted by Crippen LogP contribution is -2.36. The van der Waals surface area contributed by atoms with E-state index in [1.165, 1.54) is 31.2 Å². The molecule has 3 heteroatoms. The van der Waals surface area contributed by atoms with Crippen molar-refractivity contribution in [3.8, 4) is 0 Å². The minimum Gasteiger partial charge on any atom is -0.337 e. The van der Waals surface area contributed by atoms with E-state index in [0.717, 1.165) is 30.0 Å². The van der Waals surface area contributed by atoms with Gasteiger partial charge in [-0.05, 0) is 44.1 Å². The van der Waals surface area contributed by atoms with Gasteiger partial charge in [0.05, 0.1) is 0 Å². The van der Waals surface area contributed by atoms with Crippen LogP contribution >= 0.6 is 0 Å². The predicted molar refractivity (Wildman–Crippen MR) is 73.8 cm³/mol. The molecule has 3 unspecified atom stereocenters. The molecule has 18 heavy (non-hydrogen) atoms. The lowest BCUT2D eigenvalue weighted by atomic mass is 9.80. The Labute approximate surface area is 110 Å². The number of nitrogens with zero attached hydrogens (tertiary/aromatic N) is 3. The zero-order chi connectivity index (χ0) is 12.7. The van der Waals surface area contributed by atoms with Gasteiger partial charge in [-0.25, -0.2) is 9.97 Å². The topological polar surface area (TPSA) is 29.0 Å². The Hall–Kier alpha value is -1.12. The number of hydrogen-bond acceptors (Lipinski definition) is 3. The number of rotatable bonds is 1. The second-order valence-electron chi connectivity index (χ2n) is 6.08. The predicted octanol–water partition coefficient (Wildman–Crippen LogP) is 3.11. The van der Waals surface area contributed by atoms with E-state index in [4.69, 9.17) is 4.98 Å². The Bertz CT molecular complexity index is 443. The molecule has 3 atom stereocenters. The molecule has 0 aromatic carbocycles. The van der Waals surface area contributed by atoms with Crippen LogP contribution in [0.1, 0.15) is 43.9 Å². The van der Waals surface area contributed by atoms with Crippen LogP contribution in [0.25, 0.3) is 0 Å². The van der Waals surface area contributed by atoms with Gasteiger partial charge in [0.2, 0.25) is 5.95 Å². The fourth-order valence-corrected chi connectivity index (χ4v) is 3.66. The van der Waals surface area contributed by atoms with Crippen LogP contribution < -0.4 is 4.90 Å². The average Bonchev–Trinajstić information content (AvgIpc) is 2.71. The maximum absolute atomic E-state index is 4.70. The lowest BCUT2D eigenvalue weighted by molar-refractivity contribution is 0.293. The molecule has 2 fully saturated rings. The fourth-order valence-electron chi connectivity index (χ4n) is 3.66. The van der Waals surface area contributed by atoms with Crippen molar-refractivity contribution in [2.45, 2.75) is 52.5 Å². The van der Waals surface area contributed by atoms with Crippen molar-refractivity contribution in [2.24, 2.45) is 11.8 Å². The van der Waals surface area contributed by atoms with E-state index in [-0.39, 0.29) is 0 Å². The van der Waals surface area contributed by atoms with Crippen molar-refractivity contribution >= 4 is 5.95 Å². The van der Waals surface area contributed by atoms with Gasteiger partial charge < -0.3 is 4.90 Å². The number of anilines is 1. The SMILES string of the molecule is Cc1cnc(N2CC(C)C3CCCCC32)nc1C. The van der Waals surface area contributed by atoms with Crippen molar-refractivity contribution in [1.82, 2.24) is 9.97 Å². The van der Waals surface area contributed by atoms with E-state index < -0.39 is 0 Å². The fraction of sp³-hybridized carbons (Fsp3) is 0.733. The highest BCUT2D eigenvalue weighted by atomic mass is 15.3. The molecule has 0 spiro atoms. The van der Waals surface area contributed by atoms with E-state index in [1.54, 1.807) is 0 Å². The standard InChI is InChI=1S/C15H23N3/c1-10-8-16-15(17-12(10)3)18-9-11(2)13-6-4-5-7-14(13)18/h8,11,13-14H,4-7,9H2,1-3H3. The minimum absolute atomic E-state index is 0.691. The highest BCUT2D eigenvalue weighted by Crippen LogP contribution is 2.40. The summed E-state index contributed by atoms with van der Waals surface area (Å²) < 4.78 is 0. The maximum Gasteiger partial charge on any atom is 0.225 e. The van der Waals surface area contributed by atoms with Crippen molar-refractivity contribution in [3.63, 3.8) is 0 Å². The molecular formula is C15H23N3. The quantitative estimate of drug-likeness (QED) is 0.761. The molecule has 3 nitrogen and oxygen atoms in total. The molecule has 0 amide bonds. The molecule has 0 bridgehead atoms. The second-order valence-corrected chi connectivity index (χ2v) is 6.08. The summed E-state index contributed by atoms with van der Waals surface area (Å²) in [7, 11) is 0. The summed E-state index contributed by atoms with van der Waals surface area (Å²) in [4.78, 5) is 11.7. The molecule has 98 valence electrons. The molecule has 1 saturated heterocycles. The minimum atomic E-state index is 0.691. The highest BCUT2D eigenvalue weighted by Gasteiger charge is 2.41. The Balaban J connectivity index is 1.89. The van der Waals surface area contributed by atoms with E-state index in [0.29, 0.717) is 6.04 Å². The Morgan fingerprint density at radius 1 is 1.22 bits per heavy atom. The van der Waals surface area contributed by atoms with Crippen molar-refractivity contribution < 1.29 is 0 Å². The van der Waals surface area contributed by atoms with E-state index in [1.807, 2.05) is 6.20 Å². The number of hydrogen-bond donors (Lipinski definition) is 0. The third kappa shape index (κ3) is 1.90. The van der Waals surface area contributed by atoms with Gasteiger partial charge in [-0.15, -0.1) is 0 Å². The van der Waals surface area contributed by atoms with Gasteiger partial charge in [-0.3, -0.25) is 0 Å². The maximum atomic E-state index is 4.70. The zero-order valence-electron chi connectivity index (χ0n) is 11.7. The van der Waals surface area contributed by atoms with Gasteiger partial charge in [0, 0.05) is 24.5 Å². The summed E-state index contributed by atoms with van der Waals surface area (Å²) in [6.07, 6.45) is 7.47. The monoisotopic (exact) mass is 245 g/mol. The first-order valence-electron chi connectivity index (χ1n) is 7.23. The van der Waals surface area contributed by atoms with Crippen molar-refractivity contribution in [2.75, 3.05) is 11.4 Å². The number of aromatic nitrogens is 2. The van der Waals surface area contributed by atoms with Crippen LogP contribution in [-0.4, -0.2) is 22.6 Å². The third-order valence-electron chi connectivity index (χ3n) is 4.87. The van der Waals surface area contributed by atoms with Crippen LogP contribution in [0.5, 0.6) is 0 Å². The molecule has 1 aliphatic carbocycles. The summed E-state index contributed by atoms with van der Waals surface area (Å²) in [6.45, 7) is 7.69. The summed E-state index contributed by atoms with van der Waals surface area (Å²) in [5, 5.41) is 0. The van der Waals surface area contributed by atoms with Crippen LogP contribution in [0.3, 0.4) is 0 Å². The Kier molecular flexibility index (Phi) is 3.00. The normalized spacial score (nSPS) is 31.5. The molecule has 1 aromatic rings. The van der Waals surface area contributed by atoms with E-state index >= 15 is 0 Å². The number of fused-ring (bicyclic) bond motifs is 1. The molecule has 0 N–H and O–H groups in total. The van der Waals surface area contributed by atoms with Gasteiger partial charge >= 0.3 is 0 Å². The summed E-state index contributed by atoms with van der Waals surface area (Å²) in [5.41, 5.74) is 2.30. The van der Waals surface area contributed by atoms with E-state index in [9.17, 15) is 0 Å². The van der Waals surface area contributed by atoms with Crippen molar-refractivity contribution in [1.29, 1.82) is 0 Å². The largest absolute Gasteiger partial charge is 0.337 e. The summed E-state index contributed by atoms with van der Waals surface area (Å²) in [6, 6.07) is 0.691. The van der Waals surface area contributed by atoms with Crippen LogP contribution in [-0.2, 0) is 0 Å². The molecule has 1 aromatic heterocycles. The van der Waals surface area contributed by atoms with Crippen molar-refractivity contribution in [3.05, 3.63) is 17.5 Å². The van der Waals surface area contributed by atoms with Gasteiger partial charge in [0.15, 0.2) is 0 Å². The number of aryl methyl sites for hydroxylation is 2. The van der Waals surface area contributed by atoms with Gasteiger partial charge in [-0.2, -0.15) is 0 Å². The second kappa shape index (κ2) is 4.52.